The van der Waals surface area contributed by atoms with Gasteiger partial charge in [0.2, 0.25) is 0 Å². The zero-order valence-corrected chi connectivity index (χ0v) is 15.5. The highest BCUT2D eigenvalue weighted by molar-refractivity contribution is 5.89. The molecule has 0 saturated carbocycles. The summed E-state index contributed by atoms with van der Waals surface area (Å²) < 4.78 is 19.4. The van der Waals surface area contributed by atoms with Crippen molar-refractivity contribution < 1.29 is 19.0 Å². The molecule has 0 bridgehead atoms. The first-order valence-corrected chi connectivity index (χ1v) is 8.73. The quantitative estimate of drug-likeness (QED) is 0.603. The third kappa shape index (κ3) is 3.12. The van der Waals surface area contributed by atoms with Gasteiger partial charge in [-0.2, -0.15) is 0 Å². The third-order valence-electron chi connectivity index (χ3n) is 4.64. The Morgan fingerprint density at radius 3 is 2.46 bits per heavy atom. The Bertz CT molecular complexity index is 877. The summed E-state index contributed by atoms with van der Waals surface area (Å²) in [5, 5.41) is 11.0. The van der Waals surface area contributed by atoms with E-state index < -0.39 is 5.60 Å². The van der Waals surface area contributed by atoms with Gasteiger partial charge in [-0.15, -0.1) is 0 Å². The van der Waals surface area contributed by atoms with Crippen molar-refractivity contribution in [2.45, 2.75) is 45.6 Å². The lowest BCUT2D eigenvalue weighted by atomic mass is 9.83. The van der Waals surface area contributed by atoms with Crippen molar-refractivity contribution >= 4 is 12.4 Å². The number of halogens is 1. The lowest BCUT2D eigenvalue weighted by Gasteiger charge is -2.21. The zero-order valence-electron chi connectivity index (χ0n) is 15.5. The number of aromatic hydroxyl groups is 1. The highest BCUT2D eigenvalue weighted by Crippen LogP contribution is 2.52. The summed E-state index contributed by atoms with van der Waals surface area (Å²) in [5.74, 6) is 0.335. The number of carbonyl (C=O) groups is 1. The number of hydrogen-bond donors (Lipinski definition) is 1. The van der Waals surface area contributed by atoms with Crippen LogP contribution in [0.4, 0.5) is 4.39 Å². The van der Waals surface area contributed by atoms with Gasteiger partial charge in [0.05, 0.1) is 0 Å². The summed E-state index contributed by atoms with van der Waals surface area (Å²) in [6, 6.07) is 5.96. The van der Waals surface area contributed by atoms with E-state index in [1.807, 2.05) is 13.8 Å². The smallest absolute Gasteiger partial charge is 0.166 e. The number of phenolic OH excluding ortho intramolecular Hbond substituents is 1. The Labute approximate surface area is 153 Å². The highest BCUT2D eigenvalue weighted by Gasteiger charge is 2.37. The van der Waals surface area contributed by atoms with E-state index in [4.69, 9.17) is 4.74 Å². The standard InChI is InChI=1S/C22H23FO3/c1-13(2)18-16(6-5-11-24)19(14-7-9-15(23)10-8-14)20(25)21-17(18)12-22(3,4)26-21/h5-11,13,25H,12H2,1-4H3. The van der Waals surface area contributed by atoms with Crippen molar-refractivity contribution in [3.63, 3.8) is 0 Å². The van der Waals surface area contributed by atoms with E-state index in [1.165, 1.54) is 18.2 Å². The van der Waals surface area contributed by atoms with Crippen molar-refractivity contribution in [1.82, 2.24) is 0 Å². The molecule has 3 nitrogen and oxygen atoms in total. The molecule has 2 aromatic carbocycles. The van der Waals surface area contributed by atoms with Crippen molar-refractivity contribution in [3.8, 4) is 22.6 Å². The fourth-order valence-corrected chi connectivity index (χ4v) is 3.70. The first-order valence-electron chi connectivity index (χ1n) is 8.73. The predicted octanol–water partition coefficient (Wildman–Crippen LogP) is 5.25. The van der Waals surface area contributed by atoms with E-state index >= 15 is 0 Å². The summed E-state index contributed by atoms with van der Waals surface area (Å²) in [6.07, 6.45) is 4.52. The van der Waals surface area contributed by atoms with Crippen molar-refractivity contribution in [2.24, 2.45) is 0 Å². The molecule has 1 aliphatic heterocycles. The van der Waals surface area contributed by atoms with Crippen LogP contribution < -0.4 is 4.74 Å². The average Bonchev–Trinajstić information content (AvgIpc) is 2.89. The molecule has 0 unspecified atom stereocenters. The van der Waals surface area contributed by atoms with E-state index in [1.54, 1.807) is 18.2 Å². The predicted molar refractivity (Wildman–Crippen MR) is 101 cm³/mol. The molecule has 0 fully saturated rings. The first-order chi connectivity index (χ1) is 12.2. The SMILES string of the molecule is CC(C)c1c(C=CC=O)c(-c2ccc(F)cc2)c(O)c2c1CC(C)(C)O2. The first kappa shape index (κ1) is 18.2. The fourth-order valence-electron chi connectivity index (χ4n) is 3.70. The molecule has 0 radical (unpaired) electrons. The Morgan fingerprint density at radius 2 is 1.88 bits per heavy atom. The Balaban J connectivity index is 2.39. The van der Waals surface area contributed by atoms with Crippen LogP contribution in [0.3, 0.4) is 0 Å². The number of carbonyl (C=O) groups excluding carboxylic acids is 1. The number of rotatable bonds is 4. The van der Waals surface area contributed by atoms with Gasteiger partial charge in [-0.05, 0) is 54.7 Å². The van der Waals surface area contributed by atoms with Gasteiger partial charge in [-0.3, -0.25) is 4.79 Å². The van der Waals surface area contributed by atoms with Gasteiger partial charge < -0.3 is 9.84 Å². The molecule has 1 aliphatic rings. The Morgan fingerprint density at radius 1 is 1.23 bits per heavy atom. The molecule has 4 heteroatoms. The van der Waals surface area contributed by atoms with Crippen molar-refractivity contribution in [2.75, 3.05) is 0 Å². The summed E-state index contributed by atoms with van der Waals surface area (Å²) in [6.45, 7) is 8.11. The minimum Gasteiger partial charge on any atom is -0.504 e. The topological polar surface area (TPSA) is 46.5 Å². The summed E-state index contributed by atoms with van der Waals surface area (Å²) >= 11 is 0. The van der Waals surface area contributed by atoms with Crippen LogP contribution in [0, 0.1) is 5.82 Å². The van der Waals surface area contributed by atoms with Crippen molar-refractivity contribution in [1.29, 1.82) is 0 Å². The number of fused-ring (bicyclic) bond motifs is 1. The lowest BCUT2D eigenvalue weighted by Crippen LogP contribution is -2.24. The van der Waals surface area contributed by atoms with E-state index in [0.29, 0.717) is 29.6 Å². The molecule has 0 aromatic heterocycles. The van der Waals surface area contributed by atoms with Crippen LogP contribution in [-0.4, -0.2) is 17.0 Å². The molecule has 0 saturated heterocycles. The summed E-state index contributed by atoms with van der Waals surface area (Å²) in [5.41, 5.74) is 3.60. The van der Waals surface area contributed by atoms with Gasteiger partial charge >= 0.3 is 0 Å². The molecular formula is C22H23FO3. The largest absolute Gasteiger partial charge is 0.504 e. The average molecular weight is 354 g/mol. The molecule has 1 N–H and O–H groups in total. The van der Waals surface area contributed by atoms with Gasteiger partial charge in [-0.25, -0.2) is 4.39 Å². The van der Waals surface area contributed by atoms with Crippen molar-refractivity contribution in [3.05, 3.63) is 52.8 Å². The van der Waals surface area contributed by atoms with Crippen LogP contribution >= 0.6 is 0 Å². The minimum absolute atomic E-state index is 0.0344. The van der Waals surface area contributed by atoms with Gasteiger partial charge in [0.15, 0.2) is 11.5 Å². The molecule has 0 aliphatic carbocycles. The second-order valence-corrected chi connectivity index (χ2v) is 7.55. The highest BCUT2D eigenvalue weighted by atomic mass is 19.1. The maximum atomic E-state index is 13.4. The lowest BCUT2D eigenvalue weighted by molar-refractivity contribution is -0.104. The normalized spacial score (nSPS) is 15.3. The van der Waals surface area contributed by atoms with Crippen LogP contribution in [0.25, 0.3) is 17.2 Å². The molecule has 0 spiro atoms. The van der Waals surface area contributed by atoms with Gasteiger partial charge in [0.25, 0.3) is 0 Å². The maximum Gasteiger partial charge on any atom is 0.166 e. The van der Waals surface area contributed by atoms with Crippen LogP contribution in [-0.2, 0) is 11.2 Å². The number of benzene rings is 2. The summed E-state index contributed by atoms with van der Waals surface area (Å²) in [4.78, 5) is 10.9. The number of allylic oxidation sites excluding steroid dienone is 1. The zero-order chi connectivity index (χ0) is 19.1. The van der Waals surface area contributed by atoms with Crippen LogP contribution in [0.2, 0.25) is 0 Å². The van der Waals surface area contributed by atoms with Gasteiger partial charge in [0, 0.05) is 17.5 Å². The van der Waals surface area contributed by atoms with E-state index in [0.717, 1.165) is 16.7 Å². The second-order valence-electron chi connectivity index (χ2n) is 7.55. The molecule has 26 heavy (non-hydrogen) atoms. The Kier molecular flexibility index (Phi) is 4.61. The molecule has 3 rings (SSSR count). The number of hydrogen-bond acceptors (Lipinski definition) is 3. The summed E-state index contributed by atoms with van der Waals surface area (Å²) in [7, 11) is 0. The third-order valence-corrected chi connectivity index (χ3v) is 4.64. The van der Waals surface area contributed by atoms with E-state index in [2.05, 4.69) is 13.8 Å². The molecule has 136 valence electrons. The van der Waals surface area contributed by atoms with Gasteiger partial charge in [-0.1, -0.05) is 32.1 Å². The second kappa shape index (κ2) is 6.60. The van der Waals surface area contributed by atoms with E-state index in [-0.39, 0.29) is 17.5 Å². The number of aldehydes is 1. The fraction of sp³-hybridized carbons (Fsp3) is 0.318. The number of ether oxygens (including phenoxy) is 1. The molecular weight excluding hydrogens is 331 g/mol. The minimum atomic E-state index is -0.420. The van der Waals surface area contributed by atoms with Gasteiger partial charge in [0.1, 0.15) is 17.7 Å². The molecule has 2 aromatic rings. The molecule has 0 atom stereocenters. The van der Waals surface area contributed by atoms with Crippen LogP contribution in [0.1, 0.15) is 50.3 Å². The molecule has 0 amide bonds. The van der Waals surface area contributed by atoms with Crippen LogP contribution in [0.5, 0.6) is 11.5 Å². The van der Waals surface area contributed by atoms with Crippen LogP contribution in [0.15, 0.2) is 30.3 Å². The molecule has 1 heterocycles. The number of phenols is 1. The Hall–Kier alpha value is -2.62. The maximum absolute atomic E-state index is 13.4. The monoisotopic (exact) mass is 354 g/mol. The van der Waals surface area contributed by atoms with E-state index in [9.17, 15) is 14.3 Å².